The Morgan fingerprint density at radius 3 is 2.50 bits per heavy atom. The number of nitrogens with zero attached hydrogens (tertiary/aromatic N) is 2. The smallest absolute Gasteiger partial charge is 0.223 e. The van der Waals surface area contributed by atoms with Gasteiger partial charge in [-0.2, -0.15) is 0 Å². The van der Waals surface area contributed by atoms with Crippen LogP contribution in [0.15, 0.2) is 17.1 Å². The number of aliphatic hydroxyl groups is 2. The molecule has 0 saturated heterocycles. The van der Waals surface area contributed by atoms with Gasteiger partial charge in [-0.3, -0.25) is 9.69 Å². The third-order valence-corrected chi connectivity index (χ3v) is 2.95. The van der Waals surface area contributed by atoms with Crippen molar-refractivity contribution in [3.8, 4) is 5.75 Å². The van der Waals surface area contributed by atoms with Crippen molar-refractivity contribution in [1.82, 2.24) is 9.47 Å². The number of rotatable bonds is 9. The fourth-order valence-electron chi connectivity index (χ4n) is 1.92. The predicted octanol–water partition coefficient (Wildman–Crippen LogP) is -1.01. The molecule has 7 nitrogen and oxygen atoms in total. The quantitative estimate of drug-likeness (QED) is 0.538. The van der Waals surface area contributed by atoms with E-state index in [9.17, 15) is 9.90 Å². The van der Waals surface area contributed by atoms with Gasteiger partial charge >= 0.3 is 0 Å². The van der Waals surface area contributed by atoms with E-state index >= 15 is 0 Å². The summed E-state index contributed by atoms with van der Waals surface area (Å²) < 4.78 is 6.73. The largest absolute Gasteiger partial charge is 0.503 e. The van der Waals surface area contributed by atoms with Crippen molar-refractivity contribution in [2.75, 3.05) is 40.0 Å². The summed E-state index contributed by atoms with van der Waals surface area (Å²) in [7, 11) is 1.58. The lowest BCUT2D eigenvalue weighted by molar-refractivity contribution is 0.150. The van der Waals surface area contributed by atoms with Gasteiger partial charge in [-0.1, -0.05) is 0 Å². The van der Waals surface area contributed by atoms with Gasteiger partial charge in [0.2, 0.25) is 5.43 Å². The van der Waals surface area contributed by atoms with Gasteiger partial charge in [0.15, 0.2) is 5.75 Å². The highest BCUT2D eigenvalue weighted by molar-refractivity contribution is 5.20. The molecule has 0 radical (unpaired) electrons. The number of ether oxygens (including phenoxy) is 1. The summed E-state index contributed by atoms with van der Waals surface area (Å²) in [5.41, 5.74) is 0.258. The number of hydrogen-bond acceptors (Lipinski definition) is 6. The van der Waals surface area contributed by atoms with Crippen LogP contribution in [0.4, 0.5) is 0 Å². The van der Waals surface area contributed by atoms with Crippen molar-refractivity contribution in [3.05, 3.63) is 28.2 Å². The molecule has 1 aromatic rings. The second kappa shape index (κ2) is 8.70. The topological polar surface area (TPSA) is 95.2 Å². The van der Waals surface area contributed by atoms with Crippen LogP contribution >= 0.6 is 0 Å². The van der Waals surface area contributed by atoms with Crippen LogP contribution in [0.3, 0.4) is 0 Å². The number of aromatic hydroxyl groups is 1. The Morgan fingerprint density at radius 1 is 1.30 bits per heavy atom. The van der Waals surface area contributed by atoms with Crippen molar-refractivity contribution >= 4 is 0 Å². The van der Waals surface area contributed by atoms with Gasteiger partial charge in [0.25, 0.3) is 0 Å². The van der Waals surface area contributed by atoms with Crippen molar-refractivity contribution in [2.24, 2.45) is 0 Å². The van der Waals surface area contributed by atoms with Crippen molar-refractivity contribution in [2.45, 2.75) is 13.1 Å². The van der Waals surface area contributed by atoms with Crippen LogP contribution in [0.2, 0.25) is 0 Å². The second-order valence-corrected chi connectivity index (χ2v) is 4.42. The van der Waals surface area contributed by atoms with Crippen LogP contribution in [0.1, 0.15) is 5.69 Å². The molecule has 3 N–H and O–H groups in total. The molecule has 1 rings (SSSR count). The summed E-state index contributed by atoms with van der Waals surface area (Å²) in [5.74, 6) is -0.305. The molecule has 1 aromatic heterocycles. The molecule has 0 saturated carbocycles. The predicted molar refractivity (Wildman–Crippen MR) is 73.7 cm³/mol. The minimum atomic E-state index is -0.443. The molecule has 0 aromatic carbocycles. The molecule has 0 amide bonds. The number of methoxy groups -OCH3 is 1. The van der Waals surface area contributed by atoms with Gasteiger partial charge in [0.05, 0.1) is 26.0 Å². The van der Waals surface area contributed by atoms with E-state index in [1.165, 1.54) is 12.3 Å². The Bertz CT molecular complexity index is 455. The SMILES string of the molecule is COCCn1cc(O)c(=O)cc1CN(CCO)CCO. The molecule has 7 heteroatoms. The monoisotopic (exact) mass is 286 g/mol. The molecule has 0 unspecified atom stereocenters. The first-order chi connectivity index (χ1) is 9.62. The molecular formula is C13H22N2O5. The molecule has 0 aliphatic rings. The lowest BCUT2D eigenvalue weighted by Gasteiger charge is -2.22. The first-order valence-corrected chi connectivity index (χ1v) is 6.47. The van der Waals surface area contributed by atoms with E-state index < -0.39 is 5.43 Å². The molecule has 0 fully saturated rings. The van der Waals surface area contributed by atoms with E-state index in [0.717, 1.165) is 0 Å². The Kier molecular flexibility index (Phi) is 7.24. The van der Waals surface area contributed by atoms with Crippen molar-refractivity contribution < 1.29 is 20.1 Å². The summed E-state index contributed by atoms with van der Waals surface area (Å²) in [5, 5.41) is 27.5. The number of aliphatic hydroxyl groups excluding tert-OH is 2. The second-order valence-electron chi connectivity index (χ2n) is 4.42. The summed E-state index contributed by atoms with van der Waals surface area (Å²) in [6.07, 6.45) is 1.38. The molecule has 1 heterocycles. The van der Waals surface area contributed by atoms with E-state index in [2.05, 4.69) is 0 Å². The number of pyridine rings is 1. The van der Waals surface area contributed by atoms with E-state index in [-0.39, 0.29) is 19.0 Å². The molecule has 0 atom stereocenters. The zero-order valence-electron chi connectivity index (χ0n) is 11.7. The fraction of sp³-hybridized carbons (Fsp3) is 0.615. The van der Waals surface area contributed by atoms with Crippen molar-refractivity contribution in [3.63, 3.8) is 0 Å². The highest BCUT2D eigenvalue weighted by Crippen LogP contribution is 2.08. The Balaban J connectivity index is 2.94. The normalized spacial score (nSPS) is 11.2. The summed E-state index contributed by atoms with van der Waals surface area (Å²) in [6, 6.07) is 1.37. The van der Waals surface area contributed by atoms with Gasteiger partial charge in [0.1, 0.15) is 0 Å². The lowest BCUT2D eigenvalue weighted by atomic mass is 10.3. The highest BCUT2D eigenvalue weighted by atomic mass is 16.5. The number of aromatic nitrogens is 1. The third kappa shape index (κ3) is 4.93. The minimum absolute atomic E-state index is 0.0274. The zero-order valence-corrected chi connectivity index (χ0v) is 11.7. The molecule has 0 spiro atoms. The molecule has 0 aliphatic heterocycles. The van der Waals surface area contributed by atoms with E-state index in [1.54, 1.807) is 11.7 Å². The maximum atomic E-state index is 11.6. The van der Waals surface area contributed by atoms with Crippen LogP contribution in [0.5, 0.6) is 5.75 Å². The van der Waals surface area contributed by atoms with Crippen LogP contribution < -0.4 is 5.43 Å². The van der Waals surface area contributed by atoms with Gasteiger partial charge in [-0.25, -0.2) is 0 Å². The van der Waals surface area contributed by atoms with Crippen LogP contribution in [-0.4, -0.2) is 64.8 Å². The Hall–Kier alpha value is -1.41. The van der Waals surface area contributed by atoms with Gasteiger partial charge in [0, 0.05) is 45.0 Å². The standard InChI is InChI=1S/C13H22N2O5/c1-20-7-4-15-10-13(19)12(18)8-11(15)9-14(2-5-16)3-6-17/h8,10,16-17,19H,2-7,9H2,1H3. The molecule has 114 valence electrons. The van der Waals surface area contributed by atoms with E-state index in [4.69, 9.17) is 14.9 Å². The molecule has 20 heavy (non-hydrogen) atoms. The lowest BCUT2D eigenvalue weighted by Crippen LogP contribution is -2.31. The van der Waals surface area contributed by atoms with Crippen LogP contribution in [-0.2, 0) is 17.8 Å². The number of hydrogen-bond donors (Lipinski definition) is 3. The Labute approximate surface area is 117 Å². The summed E-state index contributed by atoms with van der Waals surface area (Å²) >= 11 is 0. The van der Waals surface area contributed by atoms with Crippen LogP contribution in [0, 0.1) is 0 Å². The van der Waals surface area contributed by atoms with E-state index in [1.807, 2.05) is 4.90 Å². The minimum Gasteiger partial charge on any atom is -0.503 e. The highest BCUT2D eigenvalue weighted by Gasteiger charge is 2.10. The average Bonchev–Trinajstić information content (AvgIpc) is 2.41. The van der Waals surface area contributed by atoms with Crippen molar-refractivity contribution in [1.29, 1.82) is 0 Å². The van der Waals surface area contributed by atoms with Gasteiger partial charge in [-0.15, -0.1) is 0 Å². The molecule has 0 aliphatic carbocycles. The van der Waals surface area contributed by atoms with Gasteiger partial charge in [-0.05, 0) is 0 Å². The third-order valence-electron chi connectivity index (χ3n) is 2.95. The average molecular weight is 286 g/mol. The zero-order chi connectivity index (χ0) is 15.0. The maximum absolute atomic E-state index is 11.6. The molecular weight excluding hydrogens is 264 g/mol. The maximum Gasteiger partial charge on any atom is 0.223 e. The summed E-state index contributed by atoms with van der Waals surface area (Å²) in [6.45, 7) is 2.11. The first kappa shape index (κ1) is 16.6. The van der Waals surface area contributed by atoms with E-state index in [0.29, 0.717) is 38.5 Å². The first-order valence-electron chi connectivity index (χ1n) is 6.47. The Morgan fingerprint density at radius 2 is 1.95 bits per heavy atom. The summed E-state index contributed by atoms with van der Waals surface area (Å²) in [4.78, 5) is 13.4. The fourth-order valence-corrected chi connectivity index (χ4v) is 1.92. The van der Waals surface area contributed by atoms with Crippen LogP contribution in [0.25, 0.3) is 0 Å². The van der Waals surface area contributed by atoms with Gasteiger partial charge < -0.3 is 24.6 Å². The molecule has 0 bridgehead atoms.